The van der Waals surface area contributed by atoms with E-state index in [0.29, 0.717) is 55.8 Å². The highest BCUT2D eigenvalue weighted by Crippen LogP contribution is 2.46. The summed E-state index contributed by atoms with van der Waals surface area (Å²) >= 11 is 0. The molecule has 5 nitrogen and oxygen atoms in total. The van der Waals surface area contributed by atoms with Gasteiger partial charge in [-0.1, -0.05) is 76.0 Å². The van der Waals surface area contributed by atoms with Gasteiger partial charge in [0.25, 0.3) is 0 Å². The second-order valence-corrected chi connectivity index (χ2v) is 11.9. The van der Waals surface area contributed by atoms with Crippen LogP contribution in [0.25, 0.3) is 10.9 Å². The number of benzene rings is 1. The summed E-state index contributed by atoms with van der Waals surface area (Å²) in [5.41, 5.74) is 4.70. The van der Waals surface area contributed by atoms with Gasteiger partial charge in [-0.3, -0.25) is 9.59 Å². The molecule has 2 aliphatic carbocycles. The van der Waals surface area contributed by atoms with E-state index in [1.54, 1.807) is 0 Å². The quantitative estimate of drug-likeness (QED) is 0.339. The van der Waals surface area contributed by atoms with Crippen molar-refractivity contribution in [3.8, 4) is 0 Å². The number of likely N-dealkylation sites (tertiary alicyclic amines) is 1. The number of amides is 1. The van der Waals surface area contributed by atoms with Gasteiger partial charge >= 0.3 is 0 Å². The van der Waals surface area contributed by atoms with Gasteiger partial charge in [0.15, 0.2) is 0 Å². The van der Waals surface area contributed by atoms with E-state index in [-0.39, 0.29) is 17.9 Å². The number of hydrogen-bond donors (Lipinski definition) is 1. The number of aliphatic hydroxyl groups excluding tert-OH is 1. The lowest BCUT2D eigenvalue weighted by Crippen LogP contribution is -2.44. The second-order valence-electron chi connectivity index (χ2n) is 11.9. The molecule has 2 aliphatic heterocycles. The van der Waals surface area contributed by atoms with E-state index in [2.05, 4.69) is 41.0 Å². The van der Waals surface area contributed by atoms with Gasteiger partial charge in [-0.05, 0) is 62.0 Å². The zero-order valence-corrected chi connectivity index (χ0v) is 23.9. The Kier molecular flexibility index (Phi) is 9.06. The average Bonchev–Trinajstić information content (AvgIpc) is 3.20. The van der Waals surface area contributed by atoms with Crippen LogP contribution in [0.2, 0.25) is 0 Å². The lowest BCUT2D eigenvalue weighted by molar-refractivity contribution is -0.138. The summed E-state index contributed by atoms with van der Waals surface area (Å²) in [7, 11) is 0. The monoisotopic (exact) mass is 530 g/mol. The van der Waals surface area contributed by atoms with Crippen LogP contribution >= 0.6 is 0 Å². The zero-order valence-electron chi connectivity index (χ0n) is 23.9. The molecule has 2 fully saturated rings. The number of nitrogens with zero attached hydrogens (tertiary/aromatic N) is 2. The number of piperidine rings is 1. The molecule has 5 heteroatoms. The molecular weight excluding hydrogens is 484 g/mol. The smallest absolute Gasteiger partial charge is 0.227 e. The minimum absolute atomic E-state index is 0.111. The Morgan fingerprint density at radius 2 is 1.67 bits per heavy atom. The van der Waals surface area contributed by atoms with Crippen molar-refractivity contribution in [1.29, 1.82) is 0 Å². The first-order chi connectivity index (χ1) is 19.1. The minimum Gasteiger partial charge on any atom is -0.393 e. The van der Waals surface area contributed by atoms with Crippen molar-refractivity contribution in [2.24, 2.45) is 11.8 Å². The molecule has 2 aromatic rings. The fraction of sp³-hybridized carbons (Fsp3) is 0.588. The number of allylic oxidation sites excluding steroid dienone is 4. The zero-order chi connectivity index (χ0) is 27.4. The van der Waals surface area contributed by atoms with Crippen LogP contribution in [0.15, 0.2) is 42.5 Å². The molecule has 1 aromatic heterocycles. The third-order valence-corrected chi connectivity index (χ3v) is 9.43. The Labute approximate surface area is 234 Å². The molecule has 0 spiro atoms. The van der Waals surface area contributed by atoms with E-state index in [4.69, 9.17) is 0 Å². The molecule has 1 aromatic carbocycles. The Balaban J connectivity index is 0.00000151. The van der Waals surface area contributed by atoms with Crippen LogP contribution in [-0.4, -0.2) is 46.0 Å². The van der Waals surface area contributed by atoms with E-state index < -0.39 is 0 Å². The minimum atomic E-state index is -0.290. The van der Waals surface area contributed by atoms with Gasteiger partial charge in [-0.2, -0.15) is 0 Å². The van der Waals surface area contributed by atoms with Crippen molar-refractivity contribution in [1.82, 2.24) is 9.47 Å². The number of carbonyl (C=O) groups excluding carboxylic acids is 2. The van der Waals surface area contributed by atoms with Crippen LogP contribution in [0.4, 0.5) is 0 Å². The molecule has 1 saturated heterocycles. The van der Waals surface area contributed by atoms with E-state index in [1.165, 1.54) is 55.2 Å². The number of aliphatic hydroxyl groups is 1. The molecule has 2 bridgehead atoms. The average molecular weight is 531 g/mol. The van der Waals surface area contributed by atoms with Crippen molar-refractivity contribution >= 4 is 23.1 Å². The van der Waals surface area contributed by atoms with Crippen molar-refractivity contribution in [2.75, 3.05) is 13.1 Å². The van der Waals surface area contributed by atoms with Gasteiger partial charge < -0.3 is 14.6 Å². The van der Waals surface area contributed by atoms with Crippen molar-refractivity contribution in [3.63, 3.8) is 0 Å². The first-order valence-electron chi connectivity index (χ1n) is 15.6. The first-order valence-corrected chi connectivity index (χ1v) is 15.6. The molecule has 1 N–H and O–H groups in total. The Morgan fingerprint density at radius 1 is 0.949 bits per heavy atom. The number of rotatable bonds is 3. The maximum atomic E-state index is 13.9. The Hall–Kier alpha value is -2.66. The van der Waals surface area contributed by atoms with Gasteiger partial charge in [-0.25, -0.2) is 0 Å². The second kappa shape index (κ2) is 12.7. The van der Waals surface area contributed by atoms with Gasteiger partial charge in [-0.15, -0.1) is 0 Å². The molecule has 1 saturated carbocycles. The standard InChI is InChI=1S/C32H40N2O3.C2H6/c35-21-23-11-12-28-29(19-23)34-20-26(32(37)33-15-13-27(36)14-16-33)18-22-7-5-6-10-25(17-22)31(34)30(28)24-8-3-1-2-4-9-24;1-2/h5-7,10-12,19,21-22,24-27,36H,1-4,8-9,13-18,20H2;1-2H3. The van der Waals surface area contributed by atoms with Crippen LogP contribution in [0.5, 0.6) is 0 Å². The lowest BCUT2D eigenvalue weighted by atomic mass is 9.80. The van der Waals surface area contributed by atoms with E-state index >= 15 is 0 Å². The molecule has 0 radical (unpaired) electrons. The first kappa shape index (κ1) is 27.9. The molecular formula is C34H46N2O3. The maximum absolute atomic E-state index is 13.9. The molecule has 3 heterocycles. The van der Waals surface area contributed by atoms with Crippen LogP contribution in [0.3, 0.4) is 0 Å². The predicted molar refractivity (Wildman–Crippen MR) is 158 cm³/mol. The fourth-order valence-corrected chi connectivity index (χ4v) is 7.54. The SMILES string of the molecule is CC.O=Cc1ccc2c(C3CCCCCC3)c3n(c2c1)CC(C(=O)N1CCC(O)CC1)CC1C=CC=CC3C1. The third kappa shape index (κ3) is 5.79. The van der Waals surface area contributed by atoms with Crippen LogP contribution in [-0.2, 0) is 11.3 Å². The predicted octanol–water partition coefficient (Wildman–Crippen LogP) is 7.14. The largest absolute Gasteiger partial charge is 0.393 e. The fourth-order valence-electron chi connectivity index (χ4n) is 7.54. The summed E-state index contributed by atoms with van der Waals surface area (Å²) in [6, 6.07) is 6.21. The summed E-state index contributed by atoms with van der Waals surface area (Å²) < 4.78 is 2.44. The van der Waals surface area contributed by atoms with Gasteiger partial charge in [0.1, 0.15) is 6.29 Å². The van der Waals surface area contributed by atoms with Crippen molar-refractivity contribution in [2.45, 2.75) is 103 Å². The lowest BCUT2D eigenvalue weighted by Gasteiger charge is -2.36. The van der Waals surface area contributed by atoms with Crippen LogP contribution in [0.1, 0.15) is 112 Å². The van der Waals surface area contributed by atoms with Gasteiger partial charge in [0.2, 0.25) is 5.91 Å². The topological polar surface area (TPSA) is 62.5 Å². The van der Waals surface area contributed by atoms with Crippen LogP contribution in [0, 0.1) is 11.8 Å². The molecule has 6 rings (SSSR count). The van der Waals surface area contributed by atoms with Gasteiger partial charge in [0, 0.05) is 47.7 Å². The van der Waals surface area contributed by atoms with Gasteiger partial charge in [0.05, 0.1) is 12.0 Å². The molecule has 1 amide bonds. The van der Waals surface area contributed by atoms with E-state index in [9.17, 15) is 14.7 Å². The Bertz CT molecular complexity index is 1210. The van der Waals surface area contributed by atoms with E-state index in [1.807, 2.05) is 24.8 Å². The Morgan fingerprint density at radius 3 is 2.38 bits per heavy atom. The van der Waals surface area contributed by atoms with E-state index in [0.717, 1.165) is 24.6 Å². The number of aldehydes is 1. The molecule has 39 heavy (non-hydrogen) atoms. The van der Waals surface area contributed by atoms with Crippen molar-refractivity contribution < 1.29 is 14.7 Å². The molecule has 3 unspecified atom stereocenters. The highest BCUT2D eigenvalue weighted by Gasteiger charge is 2.36. The summed E-state index contributed by atoms with van der Waals surface area (Å²) in [4.78, 5) is 27.7. The molecule has 3 atom stereocenters. The highest BCUT2D eigenvalue weighted by molar-refractivity contribution is 5.92. The summed E-state index contributed by atoms with van der Waals surface area (Å²) in [6.45, 7) is 5.94. The summed E-state index contributed by atoms with van der Waals surface area (Å²) in [6.07, 6.45) is 20.5. The molecule has 210 valence electrons. The highest BCUT2D eigenvalue weighted by atomic mass is 16.3. The third-order valence-electron chi connectivity index (χ3n) is 9.43. The number of carbonyl (C=O) groups is 2. The number of hydrogen-bond acceptors (Lipinski definition) is 3. The van der Waals surface area contributed by atoms with Crippen LogP contribution < -0.4 is 0 Å². The summed E-state index contributed by atoms with van der Waals surface area (Å²) in [5.74, 6) is 1.32. The number of fused-ring (bicyclic) bond motifs is 6. The maximum Gasteiger partial charge on any atom is 0.227 e. The van der Waals surface area contributed by atoms with Crippen molar-refractivity contribution in [3.05, 3.63) is 59.3 Å². The molecule has 4 aliphatic rings. The normalized spacial score (nSPS) is 26.0. The summed E-state index contributed by atoms with van der Waals surface area (Å²) in [5, 5.41) is 11.3. The number of aromatic nitrogens is 1.